The van der Waals surface area contributed by atoms with Gasteiger partial charge in [0, 0.05) is 18.5 Å². The van der Waals surface area contributed by atoms with E-state index in [1.165, 1.54) is 0 Å². The molecule has 2 aromatic rings. The third kappa shape index (κ3) is 3.82. The molecule has 5 nitrogen and oxygen atoms in total. The van der Waals surface area contributed by atoms with E-state index in [2.05, 4.69) is 35.0 Å². The lowest BCUT2D eigenvalue weighted by Gasteiger charge is -2.22. The second-order valence-corrected chi connectivity index (χ2v) is 5.20. The van der Waals surface area contributed by atoms with E-state index >= 15 is 0 Å². The number of nitrogens with zero attached hydrogens (tertiary/aromatic N) is 3. The van der Waals surface area contributed by atoms with Gasteiger partial charge in [0.2, 0.25) is 5.89 Å². The number of hydrogen-bond donors (Lipinski definition) is 0. The number of methoxy groups -OCH3 is 1. The lowest BCUT2D eigenvalue weighted by atomic mass is 10.1. The Labute approximate surface area is 125 Å². The van der Waals surface area contributed by atoms with E-state index in [0.29, 0.717) is 5.89 Å². The predicted molar refractivity (Wildman–Crippen MR) is 81.2 cm³/mol. The molecule has 114 valence electrons. The Hall–Kier alpha value is -1.88. The summed E-state index contributed by atoms with van der Waals surface area (Å²) < 4.78 is 10.8. The van der Waals surface area contributed by atoms with Crippen LogP contribution in [0.25, 0.3) is 0 Å². The topological polar surface area (TPSA) is 51.4 Å². The van der Waals surface area contributed by atoms with Gasteiger partial charge in [0.15, 0.2) is 5.82 Å². The summed E-state index contributed by atoms with van der Waals surface area (Å²) in [4.78, 5) is 6.62. The fraction of sp³-hybridized carbons (Fsp3) is 0.500. The number of para-hydroxylation sites is 1. The minimum atomic E-state index is 0.0630. The van der Waals surface area contributed by atoms with E-state index in [1.54, 1.807) is 7.11 Å². The molecule has 0 aliphatic rings. The molecule has 0 radical (unpaired) electrons. The Morgan fingerprint density at radius 1 is 1.33 bits per heavy atom. The van der Waals surface area contributed by atoms with Crippen LogP contribution in [0.5, 0.6) is 5.75 Å². The van der Waals surface area contributed by atoms with Gasteiger partial charge in [0.1, 0.15) is 5.75 Å². The van der Waals surface area contributed by atoms with Crippen molar-refractivity contribution in [3.05, 3.63) is 41.5 Å². The highest BCUT2D eigenvalue weighted by Crippen LogP contribution is 2.24. The van der Waals surface area contributed by atoms with Crippen LogP contribution in [-0.2, 0) is 13.0 Å². The number of aromatic nitrogens is 2. The van der Waals surface area contributed by atoms with Gasteiger partial charge in [-0.3, -0.25) is 4.90 Å². The Morgan fingerprint density at radius 2 is 2.10 bits per heavy atom. The van der Waals surface area contributed by atoms with Crippen LogP contribution in [0.15, 0.2) is 28.8 Å². The zero-order valence-corrected chi connectivity index (χ0v) is 13.2. The summed E-state index contributed by atoms with van der Waals surface area (Å²) in [5.74, 6) is 2.34. The zero-order chi connectivity index (χ0) is 15.2. The predicted octanol–water partition coefficient (Wildman–Crippen LogP) is 3.22. The van der Waals surface area contributed by atoms with Crippen molar-refractivity contribution in [3.63, 3.8) is 0 Å². The zero-order valence-electron chi connectivity index (χ0n) is 13.2. The molecule has 1 atom stereocenters. The number of hydrogen-bond acceptors (Lipinski definition) is 5. The molecule has 0 aliphatic carbocycles. The van der Waals surface area contributed by atoms with Gasteiger partial charge in [0.05, 0.1) is 13.2 Å². The van der Waals surface area contributed by atoms with Crippen molar-refractivity contribution in [2.24, 2.45) is 0 Å². The minimum absolute atomic E-state index is 0.0630. The molecule has 0 unspecified atom stereocenters. The molecule has 0 amide bonds. The number of ether oxygens (including phenoxy) is 1. The SMILES string of the molecule is CCCc1noc([C@H](C)N(C)Cc2ccccc2OC)n1. The molecule has 1 aromatic carbocycles. The first-order chi connectivity index (χ1) is 10.2. The summed E-state index contributed by atoms with van der Waals surface area (Å²) in [7, 11) is 3.73. The molecule has 0 saturated heterocycles. The van der Waals surface area contributed by atoms with Gasteiger partial charge in [0.25, 0.3) is 0 Å². The summed E-state index contributed by atoms with van der Waals surface area (Å²) in [5.41, 5.74) is 1.14. The summed E-state index contributed by atoms with van der Waals surface area (Å²) in [5, 5.41) is 4.01. The van der Waals surface area contributed by atoms with E-state index in [0.717, 1.165) is 36.5 Å². The van der Waals surface area contributed by atoms with Gasteiger partial charge >= 0.3 is 0 Å². The van der Waals surface area contributed by atoms with E-state index < -0.39 is 0 Å². The van der Waals surface area contributed by atoms with Gasteiger partial charge in [-0.1, -0.05) is 30.3 Å². The molecule has 0 N–H and O–H groups in total. The smallest absolute Gasteiger partial charge is 0.243 e. The molecule has 0 bridgehead atoms. The van der Waals surface area contributed by atoms with Crippen molar-refractivity contribution in [2.75, 3.05) is 14.2 Å². The average Bonchev–Trinajstić information content (AvgIpc) is 2.96. The average molecular weight is 289 g/mol. The molecule has 0 saturated carbocycles. The maximum Gasteiger partial charge on any atom is 0.243 e. The van der Waals surface area contributed by atoms with Crippen molar-refractivity contribution in [1.82, 2.24) is 15.0 Å². The highest BCUT2D eigenvalue weighted by molar-refractivity contribution is 5.33. The molecule has 21 heavy (non-hydrogen) atoms. The Balaban J connectivity index is 2.06. The third-order valence-corrected chi connectivity index (χ3v) is 3.59. The monoisotopic (exact) mass is 289 g/mol. The fourth-order valence-corrected chi connectivity index (χ4v) is 2.19. The summed E-state index contributed by atoms with van der Waals surface area (Å²) in [6.45, 7) is 4.93. The van der Waals surface area contributed by atoms with Crippen LogP contribution in [0.1, 0.15) is 43.6 Å². The molecular weight excluding hydrogens is 266 g/mol. The quantitative estimate of drug-likeness (QED) is 0.783. The van der Waals surface area contributed by atoms with Crippen LogP contribution in [0.4, 0.5) is 0 Å². The third-order valence-electron chi connectivity index (χ3n) is 3.59. The molecule has 2 rings (SSSR count). The van der Waals surface area contributed by atoms with Gasteiger partial charge in [-0.25, -0.2) is 0 Å². The van der Waals surface area contributed by atoms with Gasteiger partial charge in [-0.15, -0.1) is 0 Å². The maximum absolute atomic E-state index is 5.39. The fourth-order valence-electron chi connectivity index (χ4n) is 2.19. The van der Waals surface area contributed by atoms with Gasteiger partial charge < -0.3 is 9.26 Å². The van der Waals surface area contributed by atoms with Crippen LogP contribution < -0.4 is 4.74 Å². The molecule has 1 heterocycles. The van der Waals surface area contributed by atoms with Crippen LogP contribution >= 0.6 is 0 Å². The molecule has 1 aromatic heterocycles. The molecule has 0 spiro atoms. The second kappa shape index (κ2) is 7.22. The van der Waals surface area contributed by atoms with E-state index in [-0.39, 0.29) is 6.04 Å². The number of benzene rings is 1. The van der Waals surface area contributed by atoms with Crippen LogP contribution in [0.2, 0.25) is 0 Å². The van der Waals surface area contributed by atoms with Gasteiger partial charge in [-0.05, 0) is 26.5 Å². The number of rotatable bonds is 7. The first kappa shape index (κ1) is 15.5. The maximum atomic E-state index is 5.39. The highest BCUT2D eigenvalue weighted by Gasteiger charge is 2.19. The van der Waals surface area contributed by atoms with Gasteiger partial charge in [-0.2, -0.15) is 4.98 Å². The molecule has 5 heteroatoms. The van der Waals surface area contributed by atoms with Crippen molar-refractivity contribution in [3.8, 4) is 5.75 Å². The Kier molecular flexibility index (Phi) is 5.33. The van der Waals surface area contributed by atoms with Crippen LogP contribution in [0, 0.1) is 0 Å². The summed E-state index contributed by atoms with van der Waals surface area (Å²) in [6, 6.07) is 8.09. The van der Waals surface area contributed by atoms with E-state index in [9.17, 15) is 0 Å². The van der Waals surface area contributed by atoms with Crippen LogP contribution in [0.3, 0.4) is 0 Å². The Morgan fingerprint density at radius 3 is 2.81 bits per heavy atom. The highest BCUT2D eigenvalue weighted by atomic mass is 16.5. The van der Waals surface area contributed by atoms with Crippen LogP contribution in [-0.4, -0.2) is 29.2 Å². The molecular formula is C16H23N3O2. The van der Waals surface area contributed by atoms with Crippen molar-refractivity contribution < 1.29 is 9.26 Å². The lowest BCUT2D eigenvalue weighted by molar-refractivity contribution is 0.200. The lowest BCUT2D eigenvalue weighted by Crippen LogP contribution is -2.22. The largest absolute Gasteiger partial charge is 0.496 e. The van der Waals surface area contributed by atoms with E-state index in [1.807, 2.05) is 25.2 Å². The molecule has 0 fully saturated rings. The number of aryl methyl sites for hydroxylation is 1. The standard InChI is InChI=1S/C16H23N3O2/c1-5-8-15-17-16(21-18-15)12(2)19(3)11-13-9-6-7-10-14(13)20-4/h6-7,9-10,12H,5,8,11H2,1-4H3/t12-/m0/s1. The second-order valence-electron chi connectivity index (χ2n) is 5.20. The molecule has 0 aliphatic heterocycles. The minimum Gasteiger partial charge on any atom is -0.496 e. The summed E-state index contributed by atoms with van der Waals surface area (Å²) in [6.07, 6.45) is 1.87. The van der Waals surface area contributed by atoms with E-state index in [4.69, 9.17) is 9.26 Å². The van der Waals surface area contributed by atoms with Crippen molar-refractivity contribution in [2.45, 2.75) is 39.3 Å². The first-order valence-electron chi connectivity index (χ1n) is 7.30. The summed E-state index contributed by atoms with van der Waals surface area (Å²) >= 11 is 0. The normalized spacial score (nSPS) is 12.6. The Bertz CT molecular complexity index is 568. The first-order valence-corrected chi connectivity index (χ1v) is 7.30. The van der Waals surface area contributed by atoms with Crippen molar-refractivity contribution >= 4 is 0 Å². The van der Waals surface area contributed by atoms with Crippen molar-refractivity contribution in [1.29, 1.82) is 0 Å².